The normalized spacial score (nSPS) is 16.8. The zero-order chi connectivity index (χ0) is 21.3. The van der Waals surface area contributed by atoms with E-state index in [4.69, 9.17) is 18.7 Å². The van der Waals surface area contributed by atoms with Crippen LogP contribution in [0.3, 0.4) is 0 Å². The predicted octanol–water partition coefficient (Wildman–Crippen LogP) is 3.86. The van der Waals surface area contributed by atoms with E-state index in [2.05, 4.69) is 16.5 Å². The molecule has 0 bridgehead atoms. The third-order valence-electron chi connectivity index (χ3n) is 6.10. The van der Waals surface area contributed by atoms with E-state index in [-0.39, 0.29) is 23.9 Å². The van der Waals surface area contributed by atoms with E-state index >= 15 is 0 Å². The van der Waals surface area contributed by atoms with E-state index in [1.54, 1.807) is 6.07 Å². The Morgan fingerprint density at radius 3 is 2.61 bits per heavy atom. The molecular formula is C24H24N2O5. The molecule has 1 amide bonds. The fourth-order valence-electron chi connectivity index (χ4n) is 4.14. The lowest BCUT2D eigenvalue weighted by molar-refractivity contribution is 0.0483. The Balaban J connectivity index is 1.33. The molecule has 160 valence electrons. The van der Waals surface area contributed by atoms with Crippen molar-refractivity contribution in [2.45, 2.75) is 25.2 Å². The Hall–Kier alpha value is -3.32. The Morgan fingerprint density at radius 1 is 1.03 bits per heavy atom. The summed E-state index contributed by atoms with van der Waals surface area (Å²) in [5.74, 6) is 1.41. The maximum Gasteiger partial charge on any atom is 0.289 e. The summed E-state index contributed by atoms with van der Waals surface area (Å²) < 4.78 is 21.9. The molecular weight excluding hydrogens is 396 g/mol. The molecule has 2 aromatic carbocycles. The molecule has 1 saturated heterocycles. The minimum Gasteiger partial charge on any atom is -0.454 e. The molecule has 0 unspecified atom stereocenters. The molecule has 2 aliphatic heterocycles. The second kappa shape index (κ2) is 8.07. The first-order valence-corrected chi connectivity index (χ1v) is 10.4. The fourth-order valence-corrected chi connectivity index (χ4v) is 4.14. The summed E-state index contributed by atoms with van der Waals surface area (Å²) in [7, 11) is 0. The van der Waals surface area contributed by atoms with Crippen molar-refractivity contribution in [3.05, 3.63) is 65.4 Å². The largest absolute Gasteiger partial charge is 0.454 e. The maximum atomic E-state index is 12.8. The Labute approximate surface area is 180 Å². The van der Waals surface area contributed by atoms with E-state index in [0.29, 0.717) is 25.5 Å². The highest BCUT2D eigenvalue weighted by Crippen LogP contribution is 2.40. The van der Waals surface area contributed by atoms with Gasteiger partial charge in [0.15, 0.2) is 11.5 Å². The van der Waals surface area contributed by atoms with Crippen LogP contribution in [-0.2, 0) is 10.2 Å². The van der Waals surface area contributed by atoms with E-state index < -0.39 is 0 Å². The van der Waals surface area contributed by atoms with Gasteiger partial charge in [0.05, 0.1) is 0 Å². The van der Waals surface area contributed by atoms with Crippen molar-refractivity contribution >= 4 is 5.91 Å². The quantitative estimate of drug-likeness (QED) is 0.675. The molecule has 0 saturated carbocycles. The number of aromatic nitrogens is 1. The number of rotatable bonds is 5. The molecule has 0 atom stereocenters. The molecule has 1 aromatic heterocycles. The smallest absolute Gasteiger partial charge is 0.289 e. The lowest BCUT2D eigenvalue weighted by Crippen LogP contribution is -2.44. The average molecular weight is 420 g/mol. The summed E-state index contributed by atoms with van der Waals surface area (Å²) in [6.07, 6.45) is 1.61. The molecule has 31 heavy (non-hydrogen) atoms. The summed E-state index contributed by atoms with van der Waals surface area (Å²) in [6, 6.07) is 15.6. The van der Waals surface area contributed by atoms with Crippen LogP contribution in [0.2, 0.25) is 0 Å². The number of aryl methyl sites for hydroxylation is 1. The number of ether oxygens (including phenoxy) is 3. The number of carbonyl (C=O) groups excluding carboxylic acids is 1. The van der Waals surface area contributed by atoms with Gasteiger partial charge in [-0.25, -0.2) is 0 Å². The Morgan fingerprint density at radius 2 is 1.81 bits per heavy atom. The maximum absolute atomic E-state index is 12.8. The van der Waals surface area contributed by atoms with Gasteiger partial charge in [0.2, 0.25) is 12.6 Å². The molecule has 5 rings (SSSR count). The summed E-state index contributed by atoms with van der Waals surface area (Å²) in [4.78, 5) is 12.8. The lowest BCUT2D eigenvalue weighted by Gasteiger charge is -2.37. The molecule has 7 heteroatoms. The van der Waals surface area contributed by atoms with Crippen LogP contribution in [0.25, 0.3) is 11.3 Å². The highest BCUT2D eigenvalue weighted by atomic mass is 16.7. The van der Waals surface area contributed by atoms with Crippen molar-refractivity contribution in [3.8, 4) is 22.8 Å². The number of hydrogen-bond acceptors (Lipinski definition) is 6. The standard InChI is InChI=1S/C24H24N2O5/c1-16-2-4-17(5-3-16)19-13-22(31-26-19)23(27)25-14-24(8-10-28-11-9-24)18-6-7-20-21(12-18)30-15-29-20/h2-7,12-13H,8-11,14-15H2,1H3,(H,25,27). The van der Waals surface area contributed by atoms with E-state index in [1.807, 2.05) is 43.3 Å². The minimum atomic E-state index is -0.280. The number of benzene rings is 2. The first-order chi connectivity index (χ1) is 15.1. The second-order valence-electron chi connectivity index (χ2n) is 8.09. The van der Waals surface area contributed by atoms with Crippen molar-refractivity contribution in [1.82, 2.24) is 10.5 Å². The van der Waals surface area contributed by atoms with E-state index in [9.17, 15) is 4.79 Å². The fraction of sp³-hybridized carbons (Fsp3) is 0.333. The van der Waals surface area contributed by atoms with Gasteiger partial charge >= 0.3 is 0 Å². The van der Waals surface area contributed by atoms with Crippen molar-refractivity contribution in [2.75, 3.05) is 26.6 Å². The van der Waals surface area contributed by atoms with Gasteiger partial charge in [-0.2, -0.15) is 0 Å². The van der Waals surface area contributed by atoms with Gasteiger partial charge in [-0.15, -0.1) is 0 Å². The monoisotopic (exact) mass is 420 g/mol. The first-order valence-electron chi connectivity index (χ1n) is 10.4. The van der Waals surface area contributed by atoms with Crippen LogP contribution in [0.5, 0.6) is 11.5 Å². The van der Waals surface area contributed by atoms with Crippen molar-refractivity contribution < 1.29 is 23.5 Å². The van der Waals surface area contributed by atoms with Gasteiger partial charge in [-0.3, -0.25) is 4.79 Å². The van der Waals surface area contributed by atoms with Gasteiger partial charge in [0.25, 0.3) is 5.91 Å². The number of nitrogens with zero attached hydrogens (tertiary/aromatic N) is 1. The van der Waals surface area contributed by atoms with Gasteiger partial charge in [-0.1, -0.05) is 41.1 Å². The molecule has 3 heterocycles. The zero-order valence-electron chi connectivity index (χ0n) is 17.3. The number of nitrogens with one attached hydrogen (secondary N) is 1. The van der Waals surface area contributed by atoms with Gasteiger partial charge in [-0.05, 0) is 37.5 Å². The molecule has 0 spiro atoms. The van der Waals surface area contributed by atoms with Crippen LogP contribution in [0.15, 0.2) is 53.1 Å². The number of amides is 1. The lowest BCUT2D eigenvalue weighted by atomic mass is 9.74. The predicted molar refractivity (Wildman–Crippen MR) is 113 cm³/mol. The highest BCUT2D eigenvalue weighted by Gasteiger charge is 2.36. The second-order valence-corrected chi connectivity index (χ2v) is 8.09. The van der Waals surface area contributed by atoms with Crippen LogP contribution in [0, 0.1) is 6.92 Å². The molecule has 1 fully saturated rings. The van der Waals surface area contributed by atoms with Crippen molar-refractivity contribution in [2.24, 2.45) is 0 Å². The third kappa shape index (κ3) is 3.88. The Kier molecular flexibility index (Phi) is 5.11. The minimum absolute atomic E-state index is 0.198. The van der Waals surface area contributed by atoms with E-state index in [1.165, 1.54) is 0 Å². The number of fused-ring (bicyclic) bond motifs is 1. The van der Waals surface area contributed by atoms with E-state index in [0.717, 1.165) is 41.0 Å². The van der Waals surface area contributed by atoms with Crippen molar-refractivity contribution in [3.63, 3.8) is 0 Å². The Bertz CT molecular complexity index is 1080. The van der Waals surface area contributed by atoms with Crippen LogP contribution in [-0.4, -0.2) is 37.6 Å². The molecule has 1 N–H and O–H groups in total. The molecule has 3 aromatic rings. The van der Waals surface area contributed by atoms with Gasteiger partial charge in [0, 0.05) is 36.8 Å². The van der Waals surface area contributed by atoms with Crippen LogP contribution < -0.4 is 14.8 Å². The van der Waals surface area contributed by atoms with Crippen molar-refractivity contribution in [1.29, 1.82) is 0 Å². The third-order valence-corrected chi connectivity index (χ3v) is 6.10. The van der Waals surface area contributed by atoms with Crippen LogP contribution in [0.4, 0.5) is 0 Å². The number of carbonyl (C=O) groups is 1. The van der Waals surface area contributed by atoms with Crippen LogP contribution in [0.1, 0.15) is 34.5 Å². The summed E-state index contributed by atoms with van der Waals surface area (Å²) >= 11 is 0. The molecule has 7 nitrogen and oxygen atoms in total. The van der Waals surface area contributed by atoms with Gasteiger partial charge < -0.3 is 24.1 Å². The summed E-state index contributed by atoms with van der Waals surface area (Å²) in [5.41, 5.74) is 3.58. The highest BCUT2D eigenvalue weighted by molar-refractivity contribution is 5.92. The summed E-state index contributed by atoms with van der Waals surface area (Å²) in [5, 5.41) is 7.11. The van der Waals surface area contributed by atoms with Crippen LogP contribution >= 0.6 is 0 Å². The molecule has 0 aliphatic carbocycles. The topological polar surface area (TPSA) is 82.8 Å². The number of hydrogen-bond donors (Lipinski definition) is 1. The summed E-state index contributed by atoms with van der Waals surface area (Å²) in [6.45, 7) is 4.02. The average Bonchev–Trinajstić information content (AvgIpc) is 3.48. The molecule has 0 radical (unpaired) electrons. The molecule has 2 aliphatic rings. The zero-order valence-corrected chi connectivity index (χ0v) is 17.3. The van der Waals surface area contributed by atoms with Gasteiger partial charge in [0.1, 0.15) is 5.69 Å². The SMILES string of the molecule is Cc1ccc(-c2cc(C(=O)NCC3(c4ccc5c(c4)OCO5)CCOCC3)on2)cc1. The first kappa shape index (κ1) is 19.6.